The lowest BCUT2D eigenvalue weighted by molar-refractivity contribution is -0.137. The van der Waals surface area contributed by atoms with E-state index in [2.05, 4.69) is 4.98 Å². The number of pyridine rings is 1. The SMILES string of the molecule is CN(C)C(=O)Cn1ccc2ncc(-c3ccc(C(F)(F)F)cc3)cc21. The fourth-order valence-electron chi connectivity index (χ4n) is 2.50. The quantitative estimate of drug-likeness (QED) is 0.723. The van der Waals surface area contributed by atoms with Crippen LogP contribution in [0.15, 0.2) is 48.8 Å². The van der Waals surface area contributed by atoms with E-state index in [9.17, 15) is 18.0 Å². The van der Waals surface area contributed by atoms with E-state index in [-0.39, 0.29) is 12.5 Å². The van der Waals surface area contributed by atoms with Crippen molar-refractivity contribution in [3.05, 3.63) is 54.4 Å². The molecule has 1 amide bonds. The number of benzene rings is 1. The van der Waals surface area contributed by atoms with Crippen molar-refractivity contribution in [2.75, 3.05) is 14.1 Å². The molecular formula is C18H16F3N3O. The average molecular weight is 347 g/mol. The zero-order chi connectivity index (χ0) is 18.2. The molecule has 0 bridgehead atoms. The highest BCUT2D eigenvalue weighted by Crippen LogP contribution is 2.31. The van der Waals surface area contributed by atoms with Crippen LogP contribution in [0.2, 0.25) is 0 Å². The minimum atomic E-state index is -4.36. The van der Waals surface area contributed by atoms with Gasteiger partial charge in [-0.15, -0.1) is 0 Å². The summed E-state index contributed by atoms with van der Waals surface area (Å²) in [6.45, 7) is 0.175. The molecule has 7 heteroatoms. The minimum Gasteiger partial charge on any atom is -0.347 e. The molecule has 25 heavy (non-hydrogen) atoms. The van der Waals surface area contributed by atoms with E-state index >= 15 is 0 Å². The number of rotatable bonds is 3. The van der Waals surface area contributed by atoms with E-state index in [1.807, 2.05) is 6.07 Å². The number of nitrogens with zero attached hydrogens (tertiary/aromatic N) is 3. The second kappa shape index (κ2) is 6.23. The van der Waals surface area contributed by atoms with Gasteiger partial charge in [0.05, 0.1) is 16.6 Å². The van der Waals surface area contributed by atoms with Gasteiger partial charge in [-0.2, -0.15) is 13.2 Å². The molecule has 0 unspecified atom stereocenters. The Balaban J connectivity index is 1.96. The number of hydrogen-bond donors (Lipinski definition) is 0. The number of carbonyl (C=O) groups excluding carboxylic acids is 1. The predicted octanol–water partition coefficient (Wildman–Crippen LogP) is 3.81. The third-order valence-electron chi connectivity index (χ3n) is 3.97. The van der Waals surface area contributed by atoms with Gasteiger partial charge >= 0.3 is 6.18 Å². The Hall–Kier alpha value is -2.83. The van der Waals surface area contributed by atoms with Crippen LogP contribution in [0.5, 0.6) is 0 Å². The number of alkyl halides is 3. The molecule has 130 valence electrons. The number of likely N-dealkylation sites (N-methyl/N-ethyl adjacent to an activating group) is 1. The molecule has 0 aliphatic carbocycles. The van der Waals surface area contributed by atoms with Crippen LogP contribution in [-0.4, -0.2) is 34.5 Å². The molecule has 0 radical (unpaired) electrons. The molecule has 4 nitrogen and oxygen atoms in total. The summed E-state index contributed by atoms with van der Waals surface area (Å²) < 4.78 is 39.8. The maximum atomic E-state index is 12.7. The molecule has 3 aromatic rings. The average Bonchev–Trinajstić information content (AvgIpc) is 2.96. The van der Waals surface area contributed by atoms with Crippen LogP contribution < -0.4 is 0 Å². The van der Waals surface area contributed by atoms with E-state index in [1.165, 1.54) is 17.0 Å². The van der Waals surface area contributed by atoms with Crippen molar-refractivity contribution >= 4 is 16.9 Å². The molecule has 0 N–H and O–H groups in total. The summed E-state index contributed by atoms with van der Waals surface area (Å²) >= 11 is 0. The second-order valence-corrected chi connectivity index (χ2v) is 5.94. The number of carbonyl (C=O) groups is 1. The summed E-state index contributed by atoms with van der Waals surface area (Å²) in [6.07, 6.45) is -0.972. The Morgan fingerprint density at radius 1 is 1.12 bits per heavy atom. The highest BCUT2D eigenvalue weighted by Gasteiger charge is 2.29. The van der Waals surface area contributed by atoms with Gasteiger partial charge in [0.2, 0.25) is 5.91 Å². The summed E-state index contributed by atoms with van der Waals surface area (Å²) in [4.78, 5) is 17.8. The number of hydrogen-bond acceptors (Lipinski definition) is 2. The van der Waals surface area contributed by atoms with E-state index in [0.717, 1.165) is 23.2 Å². The smallest absolute Gasteiger partial charge is 0.347 e. The molecule has 2 aromatic heterocycles. The van der Waals surface area contributed by atoms with E-state index in [4.69, 9.17) is 0 Å². The van der Waals surface area contributed by atoms with Crippen LogP contribution >= 0.6 is 0 Å². The van der Waals surface area contributed by atoms with Gasteiger partial charge in [-0.25, -0.2) is 0 Å². The third kappa shape index (κ3) is 3.50. The molecule has 0 fully saturated rings. The molecule has 0 saturated carbocycles. The van der Waals surface area contributed by atoms with Gasteiger partial charge in [-0.05, 0) is 29.8 Å². The molecule has 0 saturated heterocycles. The Morgan fingerprint density at radius 2 is 1.80 bits per heavy atom. The standard InChI is InChI=1S/C18H16F3N3O/c1-23(2)17(25)11-24-8-7-15-16(24)9-13(10-22-15)12-3-5-14(6-4-12)18(19,20)21/h3-10H,11H2,1-2H3. The number of halogens is 3. The number of amides is 1. The fraction of sp³-hybridized carbons (Fsp3) is 0.222. The third-order valence-corrected chi connectivity index (χ3v) is 3.97. The van der Waals surface area contributed by atoms with Crippen LogP contribution in [0.4, 0.5) is 13.2 Å². The van der Waals surface area contributed by atoms with E-state index in [1.54, 1.807) is 37.1 Å². The molecule has 2 heterocycles. The van der Waals surface area contributed by atoms with Gasteiger partial charge in [-0.3, -0.25) is 9.78 Å². The van der Waals surface area contributed by atoms with Crippen molar-refractivity contribution in [1.82, 2.24) is 14.5 Å². The predicted molar refractivity (Wildman–Crippen MR) is 88.9 cm³/mol. The molecule has 0 spiro atoms. The second-order valence-electron chi connectivity index (χ2n) is 5.94. The zero-order valence-electron chi connectivity index (χ0n) is 13.7. The summed E-state index contributed by atoms with van der Waals surface area (Å²) in [7, 11) is 3.36. The van der Waals surface area contributed by atoms with Crippen molar-refractivity contribution in [2.45, 2.75) is 12.7 Å². The molecular weight excluding hydrogens is 331 g/mol. The maximum Gasteiger partial charge on any atom is 0.416 e. The first-order valence-electron chi connectivity index (χ1n) is 7.58. The van der Waals surface area contributed by atoms with Crippen LogP contribution in [-0.2, 0) is 17.5 Å². The number of aromatic nitrogens is 2. The van der Waals surface area contributed by atoms with Crippen LogP contribution in [0, 0.1) is 0 Å². The van der Waals surface area contributed by atoms with Gasteiger partial charge in [0, 0.05) is 32.1 Å². The van der Waals surface area contributed by atoms with Gasteiger partial charge in [-0.1, -0.05) is 12.1 Å². The molecule has 0 atom stereocenters. The van der Waals surface area contributed by atoms with Crippen molar-refractivity contribution in [2.24, 2.45) is 0 Å². The largest absolute Gasteiger partial charge is 0.416 e. The van der Waals surface area contributed by atoms with Crippen LogP contribution in [0.25, 0.3) is 22.2 Å². The number of fused-ring (bicyclic) bond motifs is 1. The lowest BCUT2D eigenvalue weighted by Crippen LogP contribution is -2.25. The molecule has 1 aromatic carbocycles. The molecule has 0 aliphatic rings. The van der Waals surface area contributed by atoms with E-state index < -0.39 is 11.7 Å². The minimum absolute atomic E-state index is 0.0579. The summed E-state index contributed by atoms with van der Waals surface area (Å²) in [5.41, 5.74) is 2.12. The summed E-state index contributed by atoms with van der Waals surface area (Å²) in [5, 5.41) is 0. The maximum absolute atomic E-state index is 12.7. The molecule has 0 aliphatic heterocycles. The first kappa shape index (κ1) is 17.0. The molecule has 3 rings (SSSR count). The van der Waals surface area contributed by atoms with Crippen molar-refractivity contribution < 1.29 is 18.0 Å². The first-order valence-corrected chi connectivity index (χ1v) is 7.58. The van der Waals surface area contributed by atoms with Crippen LogP contribution in [0.1, 0.15) is 5.56 Å². The van der Waals surface area contributed by atoms with Crippen molar-refractivity contribution in [1.29, 1.82) is 0 Å². The topological polar surface area (TPSA) is 38.1 Å². The normalized spacial score (nSPS) is 11.7. The summed E-state index contributed by atoms with van der Waals surface area (Å²) in [5.74, 6) is -0.0579. The Labute approximate surface area is 142 Å². The lowest BCUT2D eigenvalue weighted by atomic mass is 10.1. The summed E-state index contributed by atoms with van der Waals surface area (Å²) in [6, 6.07) is 8.57. The van der Waals surface area contributed by atoms with Gasteiger partial charge in [0.1, 0.15) is 6.54 Å². The Bertz CT molecular complexity index is 911. The van der Waals surface area contributed by atoms with Crippen molar-refractivity contribution in [3.8, 4) is 11.1 Å². The van der Waals surface area contributed by atoms with Crippen LogP contribution in [0.3, 0.4) is 0 Å². The fourth-order valence-corrected chi connectivity index (χ4v) is 2.50. The highest BCUT2D eigenvalue weighted by molar-refractivity contribution is 5.84. The van der Waals surface area contributed by atoms with Gasteiger partial charge < -0.3 is 9.47 Å². The van der Waals surface area contributed by atoms with Gasteiger partial charge in [0.25, 0.3) is 0 Å². The monoisotopic (exact) mass is 347 g/mol. The Kier molecular flexibility index (Phi) is 4.24. The van der Waals surface area contributed by atoms with Gasteiger partial charge in [0.15, 0.2) is 0 Å². The first-order chi connectivity index (χ1) is 11.8. The van der Waals surface area contributed by atoms with E-state index in [0.29, 0.717) is 11.1 Å². The Morgan fingerprint density at radius 3 is 2.40 bits per heavy atom. The highest BCUT2D eigenvalue weighted by atomic mass is 19.4. The lowest BCUT2D eigenvalue weighted by Gasteiger charge is -2.12. The zero-order valence-corrected chi connectivity index (χ0v) is 13.7. The van der Waals surface area contributed by atoms with Crippen molar-refractivity contribution in [3.63, 3.8) is 0 Å².